The predicted octanol–water partition coefficient (Wildman–Crippen LogP) is 7.42. The third kappa shape index (κ3) is 8.47. The lowest BCUT2D eigenvalue weighted by Gasteiger charge is -2.26. The number of carbonyl (C=O) groups excluding carboxylic acids is 2. The van der Waals surface area contributed by atoms with Crippen LogP contribution in [0.1, 0.15) is 47.1 Å². The first-order valence-corrected chi connectivity index (χ1v) is 18.3. The summed E-state index contributed by atoms with van der Waals surface area (Å²) >= 11 is 0. The Bertz CT molecular complexity index is 2100. The summed E-state index contributed by atoms with van der Waals surface area (Å²) in [6.45, 7) is 17.0. The number of hydrogen-bond donors (Lipinski definition) is 0. The Morgan fingerprint density at radius 3 is 2.22 bits per heavy atom. The molecule has 0 bridgehead atoms. The van der Waals surface area contributed by atoms with E-state index in [1.165, 1.54) is 9.25 Å². The second kappa shape index (κ2) is 14.5. The van der Waals surface area contributed by atoms with Gasteiger partial charge in [0.05, 0.1) is 29.9 Å². The molecule has 5 aromatic rings. The van der Waals surface area contributed by atoms with Gasteiger partial charge in [-0.05, 0) is 103 Å². The summed E-state index contributed by atoms with van der Waals surface area (Å²) < 4.78 is 45.1. The highest BCUT2D eigenvalue weighted by atomic mass is 31.1. The molecule has 1 atom stereocenters. The molecule has 1 fully saturated rings. The maximum atomic E-state index is 13.9. The van der Waals surface area contributed by atoms with Crippen molar-refractivity contribution >= 4 is 47.3 Å². The van der Waals surface area contributed by atoms with Crippen LogP contribution >= 0.6 is 8.03 Å². The smallest absolute Gasteiger partial charge is 0.435 e. The van der Waals surface area contributed by atoms with Crippen LogP contribution in [0.15, 0.2) is 66.7 Å². The minimum absolute atomic E-state index is 0.300. The standard InChI is InChI=1S/C38H45N4O8P/c1-25-10-8-9-11-33(25)51(45)50-28-13-15-31-29(24-28)34(39-42(31)36(44)49-38(5,6)7)32-23-26-22-27(47-21-18-40-16-19-46-20-17-40)12-14-30(26)41(32)35(43)48-37(2,3)4/h8-15,22-24,51H,16-21H2,1-7H3. The highest BCUT2D eigenvalue weighted by Crippen LogP contribution is 2.38. The van der Waals surface area contributed by atoms with Gasteiger partial charge in [0.25, 0.3) is 8.03 Å². The number of nitrogens with zero attached hydrogens (tertiary/aromatic N) is 4. The van der Waals surface area contributed by atoms with Gasteiger partial charge in [-0.2, -0.15) is 9.78 Å². The van der Waals surface area contributed by atoms with Crippen LogP contribution < -0.4 is 14.6 Å². The van der Waals surface area contributed by atoms with Crippen LogP contribution in [0, 0.1) is 6.92 Å². The van der Waals surface area contributed by atoms with Crippen molar-refractivity contribution in [3.05, 3.63) is 72.3 Å². The lowest BCUT2D eigenvalue weighted by atomic mass is 10.1. The zero-order chi connectivity index (χ0) is 36.5. The fourth-order valence-electron chi connectivity index (χ4n) is 5.84. The van der Waals surface area contributed by atoms with E-state index in [0.29, 0.717) is 69.8 Å². The largest absolute Gasteiger partial charge is 0.492 e. The number of carbonyl (C=O) groups is 2. The molecule has 0 amide bonds. The average molecular weight is 717 g/mol. The van der Waals surface area contributed by atoms with Crippen LogP contribution in [0.3, 0.4) is 0 Å². The van der Waals surface area contributed by atoms with E-state index in [1.54, 1.807) is 65.8 Å². The van der Waals surface area contributed by atoms with Crippen molar-refractivity contribution in [2.45, 2.75) is 59.7 Å². The molecule has 51 heavy (non-hydrogen) atoms. The SMILES string of the molecule is Cc1ccccc1[PH](=O)Oc1ccc2c(c1)c(-c1cc3cc(OCCN4CCOCC4)ccc3n1C(=O)OC(C)(C)C)nn2C(=O)OC(C)(C)C. The van der Waals surface area contributed by atoms with E-state index in [9.17, 15) is 14.2 Å². The molecule has 0 saturated carbocycles. The minimum atomic E-state index is -2.68. The molecule has 1 saturated heterocycles. The molecule has 6 rings (SSSR count). The van der Waals surface area contributed by atoms with E-state index in [4.69, 9.17) is 28.6 Å². The minimum Gasteiger partial charge on any atom is -0.492 e. The lowest BCUT2D eigenvalue weighted by Crippen LogP contribution is -2.38. The van der Waals surface area contributed by atoms with Crippen molar-refractivity contribution in [3.63, 3.8) is 0 Å². The molecule has 0 radical (unpaired) electrons. The summed E-state index contributed by atoms with van der Waals surface area (Å²) in [6.07, 6.45) is -1.32. The van der Waals surface area contributed by atoms with Gasteiger partial charge in [0.1, 0.15) is 35.0 Å². The Hall–Kier alpha value is -4.64. The molecule has 13 heteroatoms. The van der Waals surface area contributed by atoms with Crippen LogP contribution in [-0.2, 0) is 18.8 Å². The molecule has 0 N–H and O–H groups in total. The van der Waals surface area contributed by atoms with Crippen molar-refractivity contribution in [1.29, 1.82) is 0 Å². The molecule has 1 aliphatic heterocycles. The van der Waals surface area contributed by atoms with Gasteiger partial charge in [0, 0.05) is 35.7 Å². The van der Waals surface area contributed by atoms with Crippen LogP contribution in [-0.4, -0.2) is 82.1 Å². The maximum Gasteiger partial charge on any atom is 0.435 e. The van der Waals surface area contributed by atoms with Crippen LogP contribution in [0.5, 0.6) is 11.5 Å². The number of aromatic nitrogens is 3. The normalized spacial score (nSPS) is 14.8. The number of benzene rings is 3. The summed E-state index contributed by atoms with van der Waals surface area (Å²) in [5.41, 5.74) is 0.915. The number of hydrogen-bond acceptors (Lipinski definition) is 10. The van der Waals surface area contributed by atoms with Crippen molar-refractivity contribution in [2.24, 2.45) is 0 Å². The van der Waals surface area contributed by atoms with Gasteiger partial charge in [-0.1, -0.05) is 18.2 Å². The third-order valence-corrected chi connectivity index (χ3v) is 9.59. The van der Waals surface area contributed by atoms with Crippen LogP contribution in [0.2, 0.25) is 0 Å². The topological polar surface area (TPSA) is 123 Å². The van der Waals surface area contributed by atoms with E-state index < -0.39 is 31.4 Å². The van der Waals surface area contributed by atoms with Gasteiger partial charge in [0.15, 0.2) is 0 Å². The Kier molecular flexibility index (Phi) is 10.3. The Labute approximate surface area is 298 Å². The fourth-order valence-corrected chi connectivity index (χ4v) is 6.93. The second-order valence-electron chi connectivity index (χ2n) is 14.5. The molecule has 12 nitrogen and oxygen atoms in total. The van der Waals surface area contributed by atoms with E-state index >= 15 is 0 Å². The Balaban J connectivity index is 1.45. The van der Waals surface area contributed by atoms with Crippen LogP contribution in [0.4, 0.5) is 9.59 Å². The monoisotopic (exact) mass is 716 g/mol. The highest BCUT2D eigenvalue weighted by molar-refractivity contribution is 7.48. The molecule has 0 spiro atoms. The van der Waals surface area contributed by atoms with Gasteiger partial charge in [-0.15, -0.1) is 0 Å². The number of fused-ring (bicyclic) bond motifs is 2. The zero-order valence-electron chi connectivity index (χ0n) is 30.1. The Morgan fingerprint density at radius 2 is 1.51 bits per heavy atom. The van der Waals surface area contributed by atoms with Gasteiger partial charge < -0.3 is 23.5 Å². The van der Waals surface area contributed by atoms with E-state index in [2.05, 4.69) is 4.90 Å². The predicted molar refractivity (Wildman–Crippen MR) is 197 cm³/mol. The molecule has 0 aliphatic carbocycles. The first-order valence-electron chi connectivity index (χ1n) is 17.0. The highest BCUT2D eigenvalue weighted by Gasteiger charge is 2.29. The van der Waals surface area contributed by atoms with Crippen LogP contribution in [0.25, 0.3) is 33.2 Å². The third-order valence-electron chi connectivity index (χ3n) is 8.16. The summed E-state index contributed by atoms with van der Waals surface area (Å²) in [6, 6.07) is 19.6. The molecule has 3 heterocycles. The lowest BCUT2D eigenvalue weighted by molar-refractivity contribution is 0.0322. The number of aryl methyl sites for hydroxylation is 1. The summed E-state index contributed by atoms with van der Waals surface area (Å²) in [7, 11) is -2.68. The molecular formula is C38H45N4O8P. The van der Waals surface area contributed by atoms with Gasteiger partial charge in [-0.3, -0.25) is 9.46 Å². The average Bonchev–Trinajstić information content (AvgIpc) is 3.62. The summed E-state index contributed by atoms with van der Waals surface area (Å²) in [5, 5.41) is 6.53. The quantitative estimate of drug-likeness (QED) is 0.150. The van der Waals surface area contributed by atoms with Crippen molar-refractivity contribution < 1.29 is 37.6 Å². The van der Waals surface area contributed by atoms with Gasteiger partial charge in [-0.25, -0.2) is 14.2 Å². The fraction of sp³-hybridized carbons (Fsp3) is 0.395. The number of ether oxygens (including phenoxy) is 4. The first kappa shape index (κ1) is 36.2. The second-order valence-corrected chi connectivity index (χ2v) is 15.8. The van der Waals surface area contributed by atoms with Crippen molar-refractivity contribution in [2.75, 3.05) is 39.5 Å². The van der Waals surface area contributed by atoms with Crippen molar-refractivity contribution in [3.8, 4) is 22.9 Å². The first-order chi connectivity index (χ1) is 24.2. The summed E-state index contributed by atoms with van der Waals surface area (Å²) in [5.74, 6) is 0.959. The maximum absolute atomic E-state index is 13.9. The van der Waals surface area contributed by atoms with Gasteiger partial charge >= 0.3 is 12.2 Å². The Morgan fingerprint density at radius 1 is 0.843 bits per heavy atom. The summed E-state index contributed by atoms with van der Waals surface area (Å²) in [4.78, 5) is 29.7. The van der Waals surface area contributed by atoms with E-state index in [1.807, 2.05) is 49.4 Å². The van der Waals surface area contributed by atoms with E-state index in [0.717, 1.165) is 25.2 Å². The zero-order valence-corrected chi connectivity index (χ0v) is 31.1. The molecular weight excluding hydrogens is 671 g/mol. The molecule has 1 unspecified atom stereocenters. The molecule has 2 aromatic heterocycles. The molecule has 3 aromatic carbocycles. The number of rotatable bonds is 8. The van der Waals surface area contributed by atoms with Gasteiger partial charge in [0.2, 0.25) is 0 Å². The van der Waals surface area contributed by atoms with E-state index in [-0.39, 0.29) is 0 Å². The number of morpholine rings is 1. The molecule has 270 valence electrons. The van der Waals surface area contributed by atoms with Crippen molar-refractivity contribution in [1.82, 2.24) is 19.2 Å². The molecule has 1 aliphatic rings.